The standard InChI is InChI=1S/C44H65N7O12/c1-11-31-44(8)37(49-42(57)63-44)25(4)34(53)23(2)20-43(7)38(61-40-35(54)30(50(9)10)18-24(3)59-40)26(5)36(27(6)39(55)60-31)58-22-29(21-45-41(56)62-43)48-33(52)19-28-14-12-15-32(47-28)51-17-13-16-46-51/h12-17,23-27,29-31,35-38,40,54H,11,18-22H2,1-10H3,(H,45,56)(H,48,52)(H,49,57)/t23-,24-,25+,26+,27-,29?,30+,31-,35-,36+,37+,38-,40+,43-,44-/m1/s1. The highest BCUT2D eigenvalue weighted by Gasteiger charge is 2.58. The third-order valence-corrected chi connectivity index (χ3v) is 13.2. The molecule has 2 aromatic heterocycles. The average molecular weight is 884 g/mol. The molecular formula is C44H65N7O12. The van der Waals surface area contributed by atoms with E-state index in [-0.39, 0.29) is 50.3 Å². The molecule has 2 bridgehead atoms. The van der Waals surface area contributed by atoms with Gasteiger partial charge in [0.2, 0.25) is 5.91 Å². The van der Waals surface area contributed by atoms with E-state index >= 15 is 0 Å². The van der Waals surface area contributed by atoms with E-state index in [0.717, 1.165) is 0 Å². The normalized spacial score (nSPS) is 38.2. The molecule has 3 amide bonds. The van der Waals surface area contributed by atoms with E-state index in [1.54, 1.807) is 89.8 Å². The van der Waals surface area contributed by atoms with Crippen LogP contribution in [0.2, 0.25) is 0 Å². The maximum atomic E-state index is 14.5. The SMILES string of the molecule is CC[C@H]1OC(=O)[C@H](C)[C@H]2OCC(NC(=O)Cc3cccc(-n4cccn4)n3)CNC(=O)O[C@](C)(C[C@@H](C)C(=O)[C@H](C)[C@@H]3NC(=O)O[C@]13C)[C@H](O[C@@H]1O[C@H](C)C[C@H](N(C)C)[C@H]1O)[C@H]2C. The molecule has 4 saturated heterocycles. The van der Waals surface area contributed by atoms with Crippen LogP contribution in [0.4, 0.5) is 9.59 Å². The number of likely N-dealkylation sites (N-methyl/N-ethyl adjacent to an activating group) is 1. The lowest BCUT2D eigenvalue weighted by Gasteiger charge is -2.48. The summed E-state index contributed by atoms with van der Waals surface area (Å²) in [5, 5.41) is 24.5. The number of alkyl carbamates (subject to hydrolysis) is 2. The molecule has 0 aliphatic carbocycles. The van der Waals surface area contributed by atoms with Crippen LogP contribution in [0.25, 0.3) is 5.82 Å². The largest absolute Gasteiger partial charge is 0.458 e. The van der Waals surface area contributed by atoms with Crippen molar-refractivity contribution in [3.63, 3.8) is 0 Å². The van der Waals surface area contributed by atoms with Gasteiger partial charge in [0.25, 0.3) is 0 Å². The number of ether oxygens (including phenoxy) is 6. The Hall–Kier alpha value is -4.69. The van der Waals surface area contributed by atoms with Crippen LogP contribution in [0.15, 0.2) is 36.7 Å². The highest BCUT2D eigenvalue weighted by Crippen LogP contribution is 2.42. The lowest BCUT2D eigenvalue weighted by molar-refractivity contribution is -0.299. The molecule has 6 rings (SSSR count). The molecule has 4 fully saturated rings. The first-order valence-electron chi connectivity index (χ1n) is 22.0. The summed E-state index contributed by atoms with van der Waals surface area (Å²) in [6, 6.07) is 4.95. The first-order valence-corrected chi connectivity index (χ1v) is 22.0. The maximum absolute atomic E-state index is 14.5. The number of ketones is 1. The molecule has 0 radical (unpaired) electrons. The Kier molecular flexibility index (Phi) is 14.9. The average Bonchev–Trinajstić information content (AvgIpc) is 3.88. The summed E-state index contributed by atoms with van der Waals surface area (Å²) in [6.45, 7) is 13.5. The minimum atomic E-state index is -1.65. The molecule has 1 unspecified atom stereocenters. The third-order valence-electron chi connectivity index (χ3n) is 13.2. The Morgan fingerprint density at radius 2 is 1.79 bits per heavy atom. The van der Waals surface area contributed by atoms with Crippen LogP contribution in [0, 0.1) is 23.7 Å². The summed E-state index contributed by atoms with van der Waals surface area (Å²) in [4.78, 5) is 76.1. The minimum absolute atomic E-state index is 0.0835. The number of carbonyl (C=O) groups excluding carboxylic acids is 5. The van der Waals surface area contributed by atoms with Crippen molar-refractivity contribution < 1.29 is 57.5 Å². The summed E-state index contributed by atoms with van der Waals surface area (Å²) in [5.41, 5.74) is -2.60. The second-order valence-electron chi connectivity index (χ2n) is 18.4. The summed E-state index contributed by atoms with van der Waals surface area (Å²) < 4.78 is 39.8. The Morgan fingerprint density at radius 1 is 1.05 bits per heavy atom. The number of carbonyl (C=O) groups is 5. The highest BCUT2D eigenvalue weighted by molar-refractivity contribution is 5.85. The number of esters is 1. The van der Waals surface area contributed by atoms with Gasteiger partial charge in [-0.2, -0.15) is 5.10 Å². The molecule has 19 nitrogen and oxygen atoms in total. The Balaban J connectivity index is 1.39. The number of aliphatic hydroxyl groups excluding tert-OH is 1. The van der Waals surface area contributed by atoms with Crippen LogP contribution < -0.4 is 16.0 Å². The van der Waals surface area contributed by atoms with Crippen molar-refractivity contribution in [2.45, 2.75) is 147 Å². The van der Waals surface area contributed by atoms with E-state index in [2.05, 4.69) is 26.0 Å². The van der Waals surface area contributed by atoms with Crippen LogP contribution >= 0.6 is 0 Å². The first kappa shape index (κ1) is 47.8. The van der Waals surface area contributed by atoms with Crippen molar-refractivity contribution in [2.24, 2.45) is 23.7 Å². The molecule has 0 aromatic carbocycles. The molecule has 4 aliphatic rings. The van der Waals surface area contributed by atoms with Gasteiger partial charge in [-0.1, -0.05) is 33.8 Å². The van der Waals surface area contributed by atoms with Gasteiger partial charge in [0.15, 0.2) is 17.7 Å². The van der Waals surface area contributed by atoms with E-state index in [1.165, 1.54) is 0 Å². The second kappa shape index (κ2) is 19.6. The number of aromatic nitrogens is 3. The zero-order valence-electron chi connectivity index (χ0n) is 37.9. The van der Waals surface area contributed by atoms with E-state index in [4.69, 9.17) is 28.4 Å². The van der Waals surface area contributed by atoms with Crippen LogP contribution in [0.3, 0.4) is 0 Å². The quantitative estimate of drug-likeness (QED) is 0.221. The topological polar surface area (TPSA) is 231 Å². The molecule has 63 heavy (non-hydrogen) atoms. The minimum Gasteiger partial charge on any atom is -0.458 e. The zero-order valence-corrected chi connectivity index (χ0v) is 37.9. The number of cyclic esters (lactones) is 1. The second-order valence-corrected chi connectivity index (χ2v) is 18.4. The van der Waals surface area contributed by atoms with Gasteiger partial charge in [-0.05, 0) is 79.3 Å². The van der Waals surface area contributed by atoms with Gasteiger partial charge in [-0.25, -0.2) is 19.3 Å². The number of hydrogen-bond acceptors (Lipinski definition) is 15. The Morgan fingerprint density at radius 3 is 2.48 bits per heavy atom. The molecule has 0 saturated carbocycles. The van der Waals surface area contributed by atoms with Gasteiger partial charge in [0.1, 0.15) is 29.7 Å². The smallest absolute Gasteiger partial charge is 0.408 e. The number of rotatable bonds is 8. The van der Waals surface area contributed by atoms with E-state index in [0.29, 0.717) is 17.9 Å². The summed E-state index contributed by atoms with van der Waals surface area (Å²) in [5.74, 6) is -4.35. The molecule has 19 heteroatoms. The van der Waals surface area contributed by atoms with Gasteiger partial charge in [-0.3, -0.25) is 14.4 Å². The predicted molar refractivity (Wildman–Crippen MR) is 225 cm³/mol. The molecule has 0 spiro atoms. The van der Waals surface area contributed by atoms with Gasteiger partial charge < -0.3 is 54.4 Å². The van der Waals surface area contributed by atoms with Gasteiger partial charge in [0, 0.05) is 42.7 Å². The van der Waals surface area contributed by atoms with Crippen molar-refractivity contribution in [2.75, 3.05) is 27.2 Å². The molecule has 15 atom stereocenters. The number of amides is 3. The molecule has 2 aromatic rings. The Labute approximate surface area is 368 Å². The number of nitrogens with zero attached hydrogens (tertiary/aromatic N) is 4. The van der Waals surface area contributed by atoms with Gasteiger partial charge in [-0.15, -0.1) is 0 Å². The van der Waals surface area contributed by atoms with Crippen LogP contribution in [0.5, 0.6) is 0 Å². The van der Waals surface area contributed by atoms with Crippen molar-refractivity contribution >= 4 is 29.8 Å². The van der Waals surface area contributed by atoms with Crippen molar-refractivity contribution in [1.82, 2.24) is 35.6 Å². The van der Waals surface area contributed by atoms with Crippen LogP contribution in [0.1, 0.15) is 80.3 Å². The van der Waals surface area contributed by atoms with Crippen LogP contribution in [-0.2, 0) is 49.2 Å². The monoisotopic (exact) mass is 883 g/mol. The predicted octanol–water partition coefficient (Wildman–Crippen LogP) is 2.70. The lowest BCUT2D eigenvalue weighted by Crippen LogP contribution is -2.61. The van der Waals surface area contributed by atoms with Crippen molar-refractivity contribution in [3.05, 3.63) is 42.4 Å². The van der Waals surface area contributed by atoms with Crippen LogP contribution in [-0.4, -0.2) is 148 Å². The molecule has 348 valence electrons. The molecule has 4 N–H and O–H groups in total. The number of nitrogens with one attached hydrogen (secondary N) is 3. The first-order chi connectivity index (χ1) is 29.7. The summed E-state index contributed by atoms with van der Waals surface area (Å²) in [7, 11) is 3.70. The lowest BCUT2D eigenvalue weighted by atomic mass is 9.73. The highest BCUT2D eigenvalue weighted by atomic mass is 16.7. The van der Waals surface area contributed by atoms with Gasteiger partial charge in [0.05, 0.1) is 48.9 Å². The maximum Gasteiger partial charge on any atom is 0.408 e. The summed E-state index contributed by atoms with van der Waals surface area (Å²) >= 11 is 0. The fourth-order valence-electron chi connectivity index (χ4n) is 9.90. The van der Waals surface area contributed by atoms with E-state index in [9.17, 15) is 29.1 Å². The fourth-order valence-corrected chi connectivity index (χ4v) is 9.90. The van der Waals surface area contributed by atoms with Crippen molar-refractivity contribution in [1.29, 1.82) is 0 Å². The Bertz CT molecular complexity index is 1950. The number of aliphatic hydroxyl groups is 1. The van der Waals surface area contributed by atoms with Crippen molar-refractivity contribution in [3.8, 4) is 5.82 Å². The number of hydrogen-bond donors (Lipinski definition) is 4. The zero-order chi connectivity index (χ0) is 46.0. The fraction of sp³-hybridized carbons (Fsp3) is 0.705. The van der Waals surface area contributed by atoms with Gasteiger partial charge >= 0.3 is 18.2 Å². The molecular weight excluding hydrogens is 819 g/mol. The van der Waals surface area contributed by atoms with E-state index in [1.807, 2.05) is 25.9 Å². The van der Waals surface area contributed by atoms with E-state index < -0.39 is 102 Å². The number of pyridine rings is 1. The molecule has 4 aliphatic heterocycles. The number of fused-ring (bicyclic) bond motifs is 4. The molecule has 6 heterocycles. The number of Topliss-reactive ketones (excluding diaryl/α,β-unsaturated/α-hetero) is 1. The third kappa shape index (κ3) is 10.5. The summed E-state index contributed by atoms with van der Waals surface area (Å²) in [6.07, 6.45) is -3.57.